The third-order valence-corrected chi connectivity index (χ3v) is 3.30. The van der Waals surface area contributed by atoms with Crippen LogP contribution < -0.4 is 0 Å². The van der Waals surface area contributed by atoms with Gasteiger partial charge in [-0.05, 0) is 12.1 Å². The maximum absolute atomic E-state index is 9.05. The molecule has 0 aromatic carbocycles. The standard InChI is InChI=1S/C11H10N4OS/c1-15-9(7-16)5-14-11(15)17-10-3-2-8(4-12)13-6-10/h2-3,5-6,16H,7H2,1H3. The lowest BCUT2D eigenvalue weighted by molar-refractivity contribution is 0.271. The number of imidazole rings is 1. The molecule has 2 aromatic heterocycles. The molecule has 2 rings (SSSR count). The Balaban J connectivity index is 2.20. The highest BCUT2D eigenvalue weighted by molar-refractivity contribution is 7.99. The maximum Gasteiger partial charge on any atom is 0.172 e. The summed E-state index contributed by atoms with van der Waals surface area (Å²) in [5.41, 5.74) is 1.15. The Hall–Kier alpha value is -1.84. The van der Waals surface area contributed by atoms with Gasteiger partial charge < -0.3 is 9.67 Å². The second kappa shape index (κ2) is 4.99. The SMILES string of the molecule is Cn1c(CO)cnc1Sc1ccc(C#N)nc1. The van der Waals surface area contributed by atoms with Crippen molar-refractivity contribution in [1.82, 2.24) is 14.5 Å². The van der Waals surface area contributed by atoms with Gasteiger partial charge in [0.2, 0.25) is 0 Å². The van der Waals surface area contributed by atoms with Gasteiger partial charge in [-0.15, -0.1) is 0 Å². The van der Waals surface area contributed by atoms with Crippen molar-refractivity contribution in [2.24, 2.45) is 7.05 Å². The van der Waals surface area contributed by atoms with Crippen molar-refractivity contribution in [3.63, 3.8) is 0 Å². The lowest BCUT2D eigenvalue weighted by Gasteiger charge is -2.03. The van der Waals surface area contributed by atoms with Crippen molar-refractivity contribution in [1.29, 1.82) is 5.26 Å². The zero-order chi connectivity index (χ0) is 12.3. The van der Waals surface area contributed by atoms with Crippen molar-refractivity contribution in [3.05, 3.63) is 35.9 Å². The molecule has 2 aromatic rings. The number of aromatic nitrogens is 3. The minimum Gasteiger partial charge on any atom is -0.390 e. The van der Waals surface area contributed by atoms with E-state index >= 15 is 0 Å². The molecule has 0 saturated carbocycles. The highest BCUT2D eigenvalue weighted by atomic mass is 32.2. The number of hydrogen-bond donors (Lipinski definition) is 1. The van der Waals surface area contributed by atoms with Gasteiger partial charge in [0.05, 0.1) is 18.5 Å². The van der Waals surface area contributed by atoms with E-state index in [0.717, 1.165) is 15.7 Å². The van der Waals surface area contributed by atoms with Crippen molar-refractivity contribution < 1.29 is 5.11 Å². The first-order valence-corrected chi connectivity index (χ1v) is 5.71. The zero-order valence-electron chi connectivity index (χ0n) is 9.16. The summed E-state index contributed by atoms with van der Waals surface area (Å²) in [7, 11) is 1.85. The van der Waals surface area contributed by atoms with Crippen LogP contribution in [0.5, 0.6) is 0 Å². The van der Waals surface area contributed by atoms with Crippen molar-refractivity contribution in [2.45, 2.75) is 16.7 Å². The van der Waals surface area contributed by atoms with Crippen LogP contribution in [0.15, 0.2) is 34.6 Å². The van der Waals surface area contributed by atoms with Crippen LogP contribution in [0.2, 0.25) is 0 Å². The molecule has 6 heteroatoms. The summed E-state index contributed by atoms with van der Waals surface area (Å²) < 4.78 is 1.82. The zero-order valence-corrected chi connectivity index (χ0v) is 9.98. The van der Waals surface area contributed by atoms with Crippen LogP contribution >= 0.6 is 11.8 Å². The quantitative estimate of drug-likeness (QED) is 0.884. The van der Waals surface area contributed by atoms with Crippen LogP contribution in [0.3, 0.4) is 0 Å². The Morgan fingerprint density at radius 1 is 1.41 bits per heavy atom. The average molecular weight is 246 g/mol. The molecule has 0 atom stereocenters. The number of aliphatic hydroxyl groups is 1. The van der Waals surface area contributed by atoms with Crippen LogP contribution in [0.25, 0.3) is 0 Å². The molecule has 0 aliphatic carbocycles. The Kier molecular flexibility index (Phi) is 3.42. The molecule has 0 aliphatic rings. The van der Waals surface area contributed by atoms with Crippen LogP contribution in [0.4, 0.5) is 0 Å². The number of nitriles is 1. The van der Waals surface area contributed by atoms with Gasteiger partial charge in [-0.25, -0.2) is 9.97 Å². The molecule has 0 bridgehead atoms. The maximum atomic E-state index is 9.05. The van der Waals surface area contributed by atoms with E-state index in [0.29, 0.717) is 5.69 Å². The molecule has 0 aliphatic heterocycles. The molecular formula is C11H10N4OS. The lowest BCUT2D eigenvalue weighted by Crippen LogP contribution is -1.97. The Morgan fingerprint density at radius 2 is 2.24 bits per heavy atom. The Labute approximate surface area is 103 Å². The van der Waals surface area contributed by atoms with Crippen molar-refractivity contribution >= 4 is 11.8 Å². The van der Waals surface area contributed by atoms with Gasteiger partial charge >= 0.3 is 0 Å². The molecule has 0 radical (unpaired) electrons. The fourth-order valence-corrected chi connectivity index (χ4v) is 2.09. The van der Waals surface area contributed by atoms with E-state index in [2.05, 4.69) is 9.97 Å². The monoisotopic (exact) mass is 246 g/mol. The van der Waals surface area contributed by atoms with Crippen molar-refractivity contribution in [2.75, 3.05) is 0 Å². The number of aliphatic hydroxyl groups excluding tert-OH is 1. The smallest absolute Gasteiger partial charge is 0.172 e. The van der Waals surface area contributed by atoms with E-state index in [4.69, 9.17) is 10.4 Å². The Morgan fingerprint density at radius 3 is 2.76 bits per heavy atom. The van der Waals surface area contributed by atoms with E-state index < -0.39 is 0 Å². The molecule has 2 heterocycles. The molecule has 0 amide bonds. The van der Waals surface area contributed by atoms with Gasteiger partial charge in [0, 0.05) is 18.1 Å². The van der Waals surface area contributed by atoms with Crippen LogP contribution in [0.1, 0.15) is 11.4 Å². The first-order chi connectivity index (χ1) is 8.24. The topological polar surface area (TPSA) is 74.7 Å². The third-order valence-electron chi connectivity index (χ3n) is 2.26. The lowest BCUT2D eigenvalue weighted by atomic mass is 10.4. The minimum atomic E-state index is -0.0321. The van der Waals surface area contributed by atoms with Gasteiger partial charge in [0.15, 0.2) is 5.16 Å². The molecule has 0 saturated heterocycles. The first-order valence-electron chi connectivity index (χ1n) is 4.90. The fraction of sp³-hybridized carbons (Fsp3) is 0.182. The van der Waals surface area contributed by atoms with Crippen LogP contribution in [-0.4, -0.2) is 19.6 Å². The second-order valence-corrected chi connectivity index (χ2v) is 4.38. The van der Waals surface area contributed by atoms with Gasteiger partial charge in [-0.2, -0.15) is 5.26 Å². The van der Waals surface area contributed by atoms with Crippen LogP contribution in [-0.2, 0) is 13.7 Å². The summed E-state index contributed by atoms with van der Waals surface area (Å²) in [4.78, 5) is 9.08. The molecule has 0 fully saturated rings. The number of pyridine rings is 1. The highest BCUT2D eigenvalue weighted by Gasteiger charge is 2.07. The van der Waals surface area contributed by atoms with E-state index in [1.165, 1.54) is 11.8 Å². The summed E-state index contributed by atoms with van der Waals surface area (Å²) in [5, 5.41) is 18.5. The molecule has 17 heavy (non-hydrogen) atoms. The first kappa shape index (κ1) is 11.6. The van der Waals surface area contributed by atoms with E-state index in [1.54, 1.807) is 18.5 Å². The summed E-state index contributed by atoms with van der Waals surface area (Å²) >= 11 is 1.44. The number of hydrogen-bond acceptors (Lipinski definition) is 5. The van der Waals surface area contributed by atoms with E-state index in [1.807, 2.05) is 23.8 Å². The minimum absolute atomic E-state index is 0.0321. The van der Waals surface area contributed by atoms with Gasteiger partial charge in [-0.1, -0.05) is 11.8 Å². The number of nitrogens with zero attached hydrogens (tertiary/aromatic N) is 4. The highest BCUT2D eigenvalue weighted by Crippen LogP contribution is 2.26. The van der Waals surface area contributed by atoms with Crippen molar-refractivity contribution in [3.8, 4) is 6.07 Å². The van der Waals surface area contributed by atoms with Gasteiger partial charge in [0.25, 0.3) is 0 Å². The van der Waals surface area contributed by atoms with Gasteiger partial charge in [-0.3, -0.25) is 0 Å². The predicted molar refractivity (Wildman–Crippen MR) is 62.2 cm³/mol. The summed E-state index contributed by atoms with van der Waals surface area (Å²) in [6.07, 6.45) is 3.27. The molecule has 1 N–H and O–H groups in total. The van der Waals surface area contributed by atoms with E-state index in [-0.39, 0.29) is 6.61 Å². The molecule has 0 unspecified atom stereocenters. The molecule has 0 spiro atoms. The Bertz CT molecular complexity index is 556. The van der Waals surface area contributed by atoms with Gasteiger partial charge in [0.1, 0.15) is 11.8 Å². The number of rotatable bonds is 3. The van der Waals surface area contributed by atoms with Crippen LogP contribution in [0, 0.1) is 11.3 Å². The normalized spacial score (nSPS) is 10.2. The fourth-order valence-electron chi connectivity index (χ4n) is 1.28. The third kappa shape index (κ3) is 2.46. The average Bonchev–Trinajstić information content (AvgIpc) is 2.71. The molecular weight excluding hydrogens is 236 g/mol. The summed E-state index contributed by atoms with van der Waals surface area (Å²) in [6, 6.07) is 5.46. The summed E-state index contributed by atoms with van der Waals surface area (Å²) in [6.45, 7) is -0.0321. The largest absolute Gasteiger partial charge is 0.390 e. The summed E-state index contributed by atoms with van der Waals surface area (Å²) in [5.74, 6) is 0. The second-order valence-electron chi connectivity index (χ2n) is 3.34. The molecule has 5 nitrogen and oxygen atoms in total. The van der Waals surface area contributed by atoms with E-state index in [9.17, 15) is 0 Å². The molecule has 86 valence electrons. The predicted octanol–water partition coefficient (Wildman–Crippen LogP) is 1.33.